The third-order valence-electron chi connectivity index (χ3n) is 2.87. The van der Waals surface area contributed by atoms with Gasteiger partial charge in [-0.3, -0.25) is 0 Å². The molecular weight excluding hydrogens is 254 g/mol. The van der Waals surface area contributed by atoms with Crippen LogP contribution < -0.4 is 9.47 Å². The lowest BCUT2D eigenvalue weighted by atomic mass is 10.2. The number of nitrogens with one attached hydrogen (secondary N) is 1. The average Bonchev–Trinajstić information content (AvgIpc) is 2.90. The Kier molecular flexibility index (Phi) is 3.37. The molecule has 0 radical (unpaired) electrons. The SMILES string of the molecule is O=C(COc1ccccc1)Oc1c[nH]c2ccccc12. The Balaban J connectivity index is 1.64. The summed E-state index contributed by atoms with van der Waals surface area (Å²) in [5.41, 5.74) is 0.930. The lowest BCUT2D eigenvalue weighted by molar-refractivity contribution is -0.136. The van der Waals surface area contributed by atoms with Crippen molar-refractivity contribution >= 4 is 16.9 Å². The van der Waals surface area contributed by atoms with Crippen molar-refractivity contribution in [3.8, 4) is 11.5 Å². The van der Waals surface area contributed by atoms with Gasteiger partial charge in [0.2, 0.25) is 0 Å². The summed E-state index contributed by atoms with van der Waals surface area (Å²) >= 11 is 0. The molecule has 0 aliphatic heterocycles. The summed E-state index contributed by atoms with van der Waals surface area (Å²) in [7, 11) is 0. The van der Waals surface area contributed by atoms with E-state index in [1.54, 1.807) is 18.3 Å². The molecule has 0 amide bonds. The molecule has 3 aromatic rings. The van der Waals surface area contributed by atoms with Gasteiger partial charge in [0, 0.05) is 17.1 Å². The number of para-hydroxylation sites is 2. The molecule has 0 saturated carbocycles. The van der Waals surface area contributed by atoms with Crippen LogP contribution in [0.3, 0.4) is 0 Å². The van der Waals surface area contributed by atoms with E-state index in [0.717, 1.165) is 10.9 Å². The molecule has 4 nitrogen and oxygen atoms in total. The third-order valence-corrected chi connectivity index (χ3v) is 2.87. The van der Waals surface area contributed by atoms with Crippen LogP contribution in [0.4, 0.5) is 0 Å². The molecule has 0 fully saturated rings. The quantitative estimate of drug-likeness (QED) is 0.739. The second-order valence-electron chi connectivity index (χ2n) is 4.27. The predicted octanol–water partition coefficient (Wildman–Crippen LogP) is 3.15. The summed E-state index contributed by atoms with van der Waals surface area (Å²) in [6.07, 6.45) is 1.67. The van der Waals surface area contributed by atoms with Gasteiger partial charge in [-0.1, -0.05) is 30.3 Å². The second-order valence-corrected chi connectivity index (χ2v) is 4.27. The molecule has 100 valence electrons. The molecule has 0 bridgehead atoms. The molecule has 2 aromatic carbocycles. The van der Waals surface area contributed by atoms with Gasteiger partial charge in [-0.15, -0.1) is 0 Å². The minimum absolute atomic E-state index is 0.122. The van der Waals surface area contributed by atoms with Crippen molar-refractivity contribution in [2.24, 2.45) is 0 Å². The average molecular weight is 267 g/mol. The van der Waals surface area contributed by atoms with Crippen molar-refractivity contribution in [1.82, 2.24) is 4.98 Å². The first-order valence-corrected chi connectivity index (χ1v) is 6.27. The van der Waals surface area contributed by atoms with Gasteiger partial charge < -0.3 is 14.5 Å². The Hall–Kier alpha value is -2.75. The van der Waals surface area contributed by atoms with E-state index in [-0.39, 0.29) is 6.61 Å². The number of aromatic amines is 1. The smallest absolute Gasteiger partial charge is 0.349 e. The van der Waals surface area contributed by atoms with Crippen molar-refractivity contribution in [2.45, 2.75) is 0 Å². The van der Waals surface area contributed by atoms with E-state index >= 15 is 0 Å². The molecule has 4 heteroatoms. The molecule has 0 aliphatic carbocycles. The predicted molar refractivity (Wildman–Crippen MR) is 75.9 cm³/mol. The van der Waals surface area contributed by atoms with Crippen LogP contribution in [-0.4, -0.2) is 17.6 Å². The zero-order valence-corrected chi connectivity index (χ0v) is 10.7. The van der Waals surface area contributed by atoms with Crippen molar-refractivity contribution in [2.75, 3.05) is 6.61 Å². The first kappa shape index (κ1) is 12.3. The van der Waals surface area contributed by atoms with E-state index in [1.165, 1.54) is 0 Å². The number of carbonyl (C=O) groups is 1. The highest BCUT2D eigenvalue weighted by Crippen LogP contribution is 2.24. The highest BCUT2D eigenvalue weighted by Gasteiger charge is 2.10. The molecular formula is C16H13NO3. The van der Waals surface area contributed by atoms with Crippen LogP contribution in [0.1, 0.15) is 0 Å². The fourth-order valence-corrected chi connectivity index (χ4v) is 1.94. The molecule has 0 aliphatic rings. The van der Waals surface area contributed by atoms with Crippen LogP contribution in [0.15, 0.2) is 60.8 Å². The number of rotatable bonds is 4. The lowest BCUT2D eigenvalue weighted by Crippen LogP contribution is -2.17. The zero-order valence-electron chi connectivity index (χ0n) is 10.7. The van der Waals surface area contributed by atoms with Crippen molar-refractivity contribution in [1.29, 1.82) is 0 Å². The van der Waals surface area contributed by atoms with Crippen molar-refractivity contribution in [3.63, 3.8) is 0 Å². The van der Waals surface area contributed by atoms with Gasteiger partial charge in [0.1, 0.15) is 5.75 Å². The Morgan fingerprint density at radius 3 is 2.60 bits per heavy atom. The molecule has 20 heavy (non-hydrogen) atoms. The van der Waals surface area contributed by atoms with Crippen LogP contribution in [0.2, 0.25) is 0 Å². The molecule has 1 heterocycles. The van der Waals surface area contributed by atoms with E-state index in [2.05, 4.69) is 4.98 Å². The second kappa shape index (κ2) is 5.48. The maximum absolute atomic E-state index is 11.8. The number of benzene rings is 2. The Morgan fingerprint density at radius 1 is 1.00 bits per heavy atom. The number of fused-ring (bicyclic) bond motifs is 1. The number of hydrogen-bond acceptors (Lipinski definition) is 3. The number of H-pyrrole nitrogens is 1. The first-order chi connectivity index (χ1) is 9.83. The van der Waals surface area contributed by atoms with Gasteiger partial charge >= 0.3 is 5.97 Å². The van der Waals surface area contributed by atoms with E-state index in [1.807, 2.05) is 42.5 Å². The van der Waals surface area contributed by atoms with Crippen LogP contribution in [0.5, 0.6) is 11.5 Å². The molecule has 1 aromatic heterocycles. The highest BCUT2D eigenvalue weighted by atomic mass is 16.6. The van der Waals surface area contributed by atoms with Gasteiger partial charge in [-0.05, 0) is 24.3 Å². The summed E-state index contributed by atoms with van der Waals surface area (Å²) in [6, 6.07) is 16.8. The number of esters is 1. The Labute approximate surface area is 115 Å². The van der Waals surface area contributed by atoms with Gasteiger partial charge in [0.05, 0.1) is 0 Å². The van der Waals surface area contributed by atoms with E-state index in [9.17, 15) is 4.79 Å². The molecule has 0 atom stereocenters. The summed E-state index contributed by atoms with van der Waals surface area (Å²) < 4.78 is 10.6. The zero-order chi connectivity index (χ0) is 13.8. The van der Waals surface area contributed by atoms with E-state index in [4.69, 9.17) is 9.47 Å². The fourth-order valence-electron chi connectivity index (χ4n) is 1.94. The highest BCUT2D eigenvalue weighted by molar-refractivity contribution is 5.88. The van der Waals surface area contributed by atoms with E-state index < -0.39 is 5.97 Å². The van der Waals surface area contributed by atoms with Crippen LogP contribution in [0, 0.1) is 0 Å². The molecule has 0 saturated heterocycles. The minimum Gasteiger partial charge on any atom is -0.482 e. The maximum Gasteiger partial charge on any atom is 0.349 e. The molecule has 0 unspecified atom stereocenters. The first-order valence-electron chi connectivity index (χ1n) is 6.27. The normalized spacial score (nSPS) is 10.4. The summed E-state index contributed by atoms with van der Waals surface area (Å²) in [5.74, 6) is 0.726. The monoisotopic (exact) mass is 267 g/mol. The van der Waals surface area contributed by atoms with Gasteiger partial charge in [-0.25, -0.2) is 4.79 Å². The summed E-state index contributed by atoms with van der Waals surface area (Å²) in [4.78, 5) is 14.8. The van der Waals surface area contributed by atoms with Crippen molar-refractivity contribution in [3.05, 3.63) is 60.8 Å². The van der Waals surface area contributed by atoms with E-state index in [0.29, 0.717) is 11.5 Å². The fraction of sp³-hybridized carbons (Fsp3) is 0.0625. The third kappa shape index (κ3) is 2.64. The molecule has 1 N–H and O–H groups in total. The standard InChI is InChI=1S/C16H13NO3/c18-16(11-19-12-6-2-1-3-7-12)20-15-10-17-14-9-5-4-8-13(14)15/h1-10,17H,11H2. The van der Waals surface area contributed by atoms with Gasteiger partial charge in [-0.2, -0.15) is 0 Å². The number of carbonyl (C=O) groups excluding carboxylic acids is 1. The lowest BCUT2D eigenvalue weighted by Gasteiger charge is -2.05. The minimum atomic E-state index is -0.432. The topological polar surface area (TPSA) is 51.3 Å². The van der Waals surface area contributed by atoms with Crippen LogP contribution in [0.25, 0.3) is 10.9 Å². The summed E-state index contributed by atoms with van der Waals surface area (Å²) in [6.45, 7) is -0.122. The Morgan fingerprint density at radius 2 is 1.75 bits per heavy atom. The number of ether oxygens (including phenoxy) is 2. The molecule has 0 spiro atoms. The van der Waals surface area contributed by atoms with Crippen LogP contribution >= 0.6 is 0 Å². The maximum atomic E-state index is 11.8. The summed E-state index contributed by atoms with van der Waals surface area (Å²) in [5, 5.41) is 0.876. The van der Waals surface area contributed by atoms with Gasteiger partial charge in [0.25, 0.3) is 0 Å². The molecule has 3 rings (SSSR count). The van der Waals surface area contributed by atoms with Crippen molar-refractivity contribution < 1.29 is 14.3 Å². The Bertz CT molecular complexity index is 719. The van der Waals surface area contributed by atoms with Crippen LogP contribution in [-0.2, 0) is 4.79 Å². The largest absolute Gasteiger partial charge is 0.482 e. The van der Waals surface area contributed by atoms with Gasteiger partial charge in [0.15, 0.2) is 12.4 Å². The number of hydrogen-bond donors (Lipinski definition) is 1. The number of aromatic nitrogens is 1.